The highest BCUT2D eigenvalue weighted by atomic mass is 16.5. The van der Waals surface area contributed by atoms with E-state index in [1.807, 2.05) is 25.1 Å². The summed E-state index contributed by atoms with van der Waals surface area (Å²) in [6.07, 6.45) is 1.01. The van der Waals surface area contributed by atoms with Crippen molar-refractivity contribution in [2.24, 2.45) is 0 Å². The molecule has 0 aliphatic heterocycles. The number of ether oxygens (including phenoxy) is 1. The summed E-state index contributed by atoms with van der Waals surface area (Å²) in [4.78, 5) is 16.4. The number of carbonyl (C=O) groups is 1. The van der Waals surface area contributed by atoms with Gasteiger partial charge in [-0.25, -0.2) is 4.79 Å². The molecule has 0 radical (unpaired) electrons. The molecule has 5 heteroatoms. The Bertz CT molecular complexity index is 653. The molecule has 0 saturated carbocycles. The summed E-state index contributed by atoms with van der Waals surface area (Å²) in [5.74, 6) is -0.415. The van der Waals surface area contributed by atoms with Crippen molar-refractivity contribution < 1.29 is 14.6 Å². The number of carbonyl (C=O) groups excluding carboxylic acids is 1. The van der Waals surface area contributed by atoms with Crippen molar-refractivity contribution in [3.8, 4) is 0 Å². The van der Waals surface area contributed by atoms with Crippen LogP contribution in [0.25, 0.3) is 10.9 Å². The Hall–Kier alpha value is -2.14. The fraction of sp³-hybridized carbons (Fsp3) is 0.375. The van der Waals surface area contributed by atoms with E-state index < -0.39 is 12.1 Å². The van der Waals surface area contributed by atoms with Crippen LogP contribution in [0.15, 0.2) is 24.4 Å². The molecule has 1 heterocycles. The van der Waals surface area contributed by atoms with Gasteiger partial charge in [0.2, 0.25) is 0 Å². The van der Waals surface area contributed by atoms with Crippen LogP contribution in [0, 0.1) is 6.92 Å². The number of nitrogens with one attached hydrogen (secondary N) is 1. The van der Waals surface area contributed by atoms with Crippen molar-refractivity contribution in [1.29, 1.82) is 0 Å². The highest BCUT2D eigenvalue weighted by Gasteiger charge is 2.17. The van der Waals surface area contributed by atoms with Gasteiger partial charge in [0.15, 0.2) is 0 Å². The van der Waals surface area contributed by atoms with E-state index in [2.05, 4.69) is 10.3 Å². The number of hydrogen-bond acceptors (Lipinski definition) is 5. The molecule has 0 aliphatic carbocycles. The third-order valence-electron chi connectivity index (χ3n) is 3.17. The number of benzene rings is 1. The first-order valence-electron chi connectivity index (χ1n) is 7.02. The quantitative estimate of drug-likeness (QED) is 0.827. The van der Waals surface area contributed by atoms with Gasteiger partial charge in [0.25, 0.3) is 0 Å². The Morgan fingerprint density at radius 3 is 2.90 bits per heavy atom. The van der Waals surface area contributed by atoms with Crippen LogP contribution >= 0.6 is 0 Å². The van der Waals surface area contributed by atoms with Crippen LogP contribution < -0.4 is 5.32 Å². The van der Waals surface area contributed by atoms with Crippen LogP contribution in [-0.4, -0.2) is 35.3 Å². The molecule has 0 saturated heterocycles. The van der Waals surface area contributed by atoms with Gasteiger partial charge in [-0.2, -0.15) is 0 Å². The number of aliphatic hydroxyl groups excluding tert-OH is 1. The highest BCUT2D eigenvalue weighted by molar-refractivity contribution is 6.05. The number of nitrogens with zero attached hydrogens (tertiary/aromatic N) is 1. The number of aromatic nitrogens is 1. The highest BCUT2D eigenvalue weighted by Crippen LogP contribution is 2.28. The Labute approximate surface area is 124 Å². The third-order valence-corrected chi connectivity index (χ3v) is 3.17. The second kappa shape index (κ2) is 6.54. The molecule has 0 aliphatic rings. The lowest BCUT2D eigenvalue weighted by Gasteiger charge is -2.15. The van der Waals surface area contributed by atoms with Crippen LogP contribution in [0.2, 0.25) is 0 Å². The molecule has 0 spiro atoms. The fourth-order valence-corrected chi connectivity index (χ4v) is 2.17. The molecule has 21 heavy (non-hydrogen) atoms. The molecule has 5 nitrogen and oxygen atoms in total. The lowest BCUT2D eigenvalue weighted by atomic mass is 10.1. The van der Waals surface area contributed by atoms with Crippen molar-refractivity contribution in [1.82, 2.24) is 4.98 Å². The summed E-state index contributed by atoms with van der Waals surface area (Å²) in [5, 5.41) is 13.5. The summed E-state index contributed by atoms with van der Waals surface area (Å²) in [7, 11) is 0. The number of aliphatic hydroxyl groups is 1. The molecule has 0 bridgehead atoms. The van der Waals surface area contributed by atoms with Gasteiger partial charge in [0, 0.05) is 18.1 Å². The number of hydrogen-bond donors (Lipinski definition) is 2. The van der Waals surface area contributed by atoms with Gasteiger partial charge in [-0.1, -0.05) is 18.2 Å². The average Bonchev–Trinajstić information content (AvgIpc) is 2.45. The minimum absolute atomic E-state index is 0.306. The van der Waals surface area contributed by atoms with E-state index in [1.165, 1.54) is 6.20 Å². The fourth-order valence-electron chi connectivity index (χ4n) is 2.17. The number of fused-ring (bicyclic) bond motifs is 1. The first kappa shape index (κ1) is 15.3. The van der Waals surface area contributed by atoms with Crippen LogP contribution in [-0.2, 0) is 4.74 Å². The lowest BCUT2D eigenvalue weighted by Crippen LogP contribution is -2.18. The zero-order valence-electron chi connectivity index (χ0n) is 12.5. The average molecular weight is 288 g/mol. The number of anilines is 1. The van der Waals surface area contributed by atoms with Crippen molar-refractivity contribution in [2.75, 3.05) is 18.5 Å². The molecule has 1 aromatic heterocycles. The van der Waals surface area contributed by atoms with Crippen molar-refractivity contribution in [2.45, 2.75) is 26.9 Å². The summed E-state index contributed by atoms with van der Waals surface area (Å²) in [5.41, 5.74) is 2.90. The normalized spacial score (nSPS) is 12.2. The Morgan fingerprint density at radius 1 is 1.48 bits per heavy atom. The van der Waals surface area contributed by atoms with Gasteiger partial charge in [-0.05, 0) is 26.3 Å². The van der Waals surface area contributed by atoms with E-state index in [9.17, 15) is 9.90 Å². The Morgan fingerprint density at radius 2 is 2.24 bits per heavy atom. The van der Waals surface area contributed by atoms with Crippen molar-refractivity contribution in [3.05, 3.63) is 35.5 Å². The van der Waals surface area contributed by atoms with Gasteiger partial charge in [0.05, 0.1) is 23.9 Å². The molecule has 1 aromatic carbocycles. The zero-order chi connectivity index (χ0) is 15.4. The first-order chi connectivity index (χ1) is 10.0. The molecule has 0 fully saturated rings. The monoisotopic (exact) mass is 288 g/mol. The smallest absolute Gasteiger partial charge is 0.341 e. The SMILES string of the molecule is CCOC(=O)c1cnc2c(C)cccc2c1NCC(C)O. The molecule has 112 valence electrons. The minimum atomic E-state index is -0.520. The second-order valence-electron chi connectivity index (χ2n) is 4.97. The molecular formula is C16H20N2O3. The maximum Gasteiger partial charge on any atom is 0.341 e. The molecule has 0 amide bonds. The van der Waals surface area contributed by atoms with Crippen molar-refractivity contribution >= 4 is 22.6 Å². The number of pyridine rings is 1. The Balaban J connectivity index is 2.56. The molecule has 1 unspecified atom stereocenters. The summed E-state index contributed by atoms with van der Waals surface area (Å²) in [6.45, 7) is 6.07. The van der Waals surface area contributed by atoms with Gasteiger partial charge in [0.1, 0.15) is 5.56 Å². The molecule has 2 aromatic rings. The van der Waals surface area contributed by atoms with Crippen LogP contribution in [0.3, 0.4) is 0 Å². The van der Waals surface area contributed by atoms with E-state index in [1.54, 1.807) is 13.8 Å². The van der Waals surface area contributed by atoms with Crippen LogP contribution in [0.5, 0.6) is 0 Å². The van der Waals surface area contributed by atoms with Gasteiger partial charge in [-0.15, -0.1) is 0 Å². The second-order valence-corrected chi connectivity index (χ2v) is 4.97. The van der Waals surface area contributed by atoms with Crippen molar-refractivity contribution in [3.63, 3.8) is 0 Å². The Kier molecular flexibility index (Phi) is 4.75. The van der Waals surface area contributed by atoms with E-state index >= 15 is 0 Å². The minimum Gasteiger partial charge on any atom is -0.462 e. The summed E-state index contributed by atoms with van der Waals surface area (Å²) >= 11 is 0. The van der Waals surface area contributed by atoms with E-state index in [-0.39, 0.29) is 0 Å². The van der Waals surface area contributed by atoms with Gasteiger partial charge in [-0.3, -0.25) is 4.98 Å². The van der Waals surface area contributed by atoms with E-state index in [4.69, 9.17) is 4.74 Å². The molecular weight excluding hydrogens is 268 g/mol. The van der Waals surface area contributed by atoms with Gasteiger partial charge >= 0.3 is 5.97 Å². The maximum absolute atomic E-state index is 12.1. The van der Waals surface area contributed by atoms with E-state index in [0.29, 0.717) is 24.4 Å². The summed E-state index contributed by atoms with van der Waals surface area (Å²) < 4.78 is 5.07. The molecule has 2 N–H and O–H groups in total. The zero-order valence-corrected chi connectivity index (χ0v) is 12.5. The van der Waals surface area contributed by atoms with Crippen LogP contribution in [0.1, 0.15) is 29.8 Å². The predicted octanol–water partition coefficient (Wildman–Crippen LogP) is 2.51. The molecule has 1 atom stereocenters. The number of aryl methyl sites for hydroxylation is 1. The topological polar surface area (TPSA) is 71.5 Å². The predicted molar refractivity (Wildman–Crippen MR) is 82.6 cm³/mol. The number of esters is 1. The standard InChI is InChI=1S/C16H20N2O3/c1-4-21-16(20)13-9-18-14-10(2)6-5-7-12(14)15(13)17-8-11(3)19/h5-7,9,11,19H,4,8H2,1-3H3,(H,17,18). The number of para-hydroxylation sites is 1. The molecule has 2 rings (SSSR count). The maximum atomic E-state index is 12.1. The number of rotatable bonds is 5. The van der Waals surface area contributed by atoms with Crippen LogP contribution in [0.4, 0.5) is 5.69 Å². The third kappa shape index (κ3) is 3.31. The lowest BCUT2D eigenvalue weighted by molar-refractivity contribution is 0.0527. The summed E-state index contributed by atoms with van der Waals surface area (Å²) in [6, 6.07) is 5.79. The largest absolute Gasteiger partial charge is 0.462 e. The first-order valence-corrected chi connectivity index (χ1v) is 7.02. The van der Waals surface area contributed by atoms with Gasteiger partial charge < -0.3 is 15.2 Å². The van der Waals surface area contributed by atoms with E-state index in [0.717, 1.165) is 16.5 Å².